The number of hydrogen-bond donors (Lipinski definition) is 1. The second kappa shape index (κ2) is 9.11. The van der Waals surface area contributed by atoms with Gasteiger partial charge in [0.05, 0.1) is 16.8 Å². The summed E-state index contributed by atoms with van der Waals surface area (Å²) < 4.78 is 0. The van der Waals surface area contributed by atoms with Crippen molar-refractivity contribution in [2.24, 2.45) is 0 Å². The Balaban J connectivity index is 1.93. The summed E-state index contributed by atoms with van der Waals surface area (Å²) in [5, 5.41) is 3.89. The normalized spacial score (nSPS) is 11.8. The van der Waals surface area contributed by atoms with Gasteiger partial charge in [0.15, 0.2) is 5.78 Å². The van der Waals surface area contributed by atoms with Crippen molar-refractivity contribution in [3.8, 4) is 0 Å². The van der Waals surface area contributed by atoms with Gasteiger partial charge in [0.25, 0.3) is 0 Å². The largest absolute Gasteiger partial charge is 0.345 e. The van der Waals surface area contributed by atoms with Crippen molar-refractivity contribution in [1.82, 2.24) is 5.32 Å². The molecular weight excluding hydrogens is 365 g/mol. The zero-order valence-electron chi connectivity index (χ0n) is 13.1. The molecule has 0 aliphatic heterocycles. The first-order chi connectivity index (χ1) is 11.5. The molecule has 0 saturated carbocycles. The number of nitrogens with one attached hydrogen (secondary N) is 1. The van der Waals surface area contributed by atoms with Gasteiger partial charge in [-0.3, -0.25) is 9.59 Å². The van der Waals surface area contributed by atoms with E-state index in [1.807, 2.05) is 30.3 Å². The van der Waals surface area contributed by atoms with Gasteiger partial charge in [-0.05, 0) is 37.1 Å². The molecule has 24 heavy (non-hydrogen) atoms. The molecule has 0 unspecified atom stereocenters. The monoisotopic (exact) mass is 381 g/mol. The Kier molecular flexibility index (Phi) is 7.16. The highest BCUT2D eigenvalue weighted by molar-refractivity contribution is 8.00. The molecule has 6 heteroatoms. The Morgan fingerprint density at radius 3 is 2.50 bits per heavy atom. The van der Waals surface area contributed by atoms with Gasteiger partial charge < -0.3 is 5.32 Å². The highest BCUT2D eigenvalue weighted by atomic mass is 35.5. The maximum absolute atomic E-state index is 12.2. The molecule has 0 aliphatic rings. The molecule has 0 radical (unpaired) electrons. The number of thioether (sulfide) groups is 1. The van der Waals surface area contributed by atoms with Gasteiger partial charge in [-0.1, -0.05) is 53.5 Å². The number of rotatable bonds is 7. The van der Waals surface area contributed by atoms with Crippen LogP contribution >= 0.6 is 35.0 Å². The van der Waals surface area contributed by atoms with Crippen LogP contribution in [0.3, 0.4) is 0 Å². The maximum atomic E-state index is 12.2. The smallest absolute Gasteiger partial charge is 0.230 e. The summed E-state index contributed by atoms with van der Waals surface area (Å²) in [6, 6.07) is 14.2. The molecule has 3 nitrogen and oxygen atoms in total. The fourth-order valence-corrected chi connectivity index (χ4v) is 3.42. The molecule has 2 aromatic rings. The van der Waals surface area contributed by atoms with Crippen molar-refractivity contribution in [1.29, 1.82) is 0 Å². The Labute approximate surface area is 155 Å². The molecular formula is C18H17Cl2NO2S. The average molecular weight is 382 g/mol. The third-order valence-corrected chi connectivity index (χ3v) is 5.09. The van der Waals surface area contributed by atoms with Crippen LogP contribution in [-0.2, 0) is 16.0 Å². The molecule has 126 valence electrons. The Morgan fingerprint density at radius 2 is 1.83 bits per heavy atom. The van der Waals surface area contributed by atoms with Crippen molar-refractivity contribution < 1.29 is 9.59 Å². The molecule has 2 aromatic carbocycles. The number of benzene rings is 2. The van der Waals surface area contributed by atoms with E-state index in [1.165, 1.54) is 18.7 Å². The minimum absolute atomic E-state index is 0.0713. The number of ketones is 1. The van der Waals surface area contributed by atoms with Gasteiger partial charge in [-0.15, -0.1) is 11.8 Å². The second-order valence-corrected chi connectivity index (χ2v) is 7.14. The molecule has 0 spiro atoms. The van der Waals surface area contributed by atoms with Crippen molar-refractivity contribution in [3.63, 3.8) is 0 Å². The third kappa shape index (κ3) is 5.86. The van der Waals surface area contributed by atoms with E-state index >= 15 is 0 Å². The number of carbonyl (C=O) groups is 2. The Hall–Kier alpha value is -1.49. The fourth-order valence-electron chi connectivity index (χ4n) is 2.11. The van der Waals surface area contributed by atoms with E-state index in [0.29, 0.717) is 16.5 Å². The van der Waals surface area contributed by atoms with Gasteiger partial charge >= 0.3 is 0 Å². The first-order valence-electron chi connectivity index (χ1n) is 7.37. The van der Waals surface area contributed by atoms with Crippen LogP contribution in [-0.4, -0.2) is 23.5 Å². The van der Waals surface area contributed by atoms with Crippen LogP contribution in [0, 0.1) is 0 Å². The number of amides is 1. The van der Waals surface area contributed by atoms with E-state index in [4.69, 9.17) is 23.2 Å². The van der Waals surface area contributed by atoms with Crippen LogP contribution in [0.2, 0.25) is 10.0 Å². The lowest BCUT2D eigenvalue weighted by molar-refractivity contribution is -0.125. The van der Waals surface area contributed by atoms with E-state index in [-0.39, 0.29) is 17.4 Å². The molecule has 0 bridgehead atoms. The highest BCUT2D eigenvalue weighted by Gasteiger charge is 2.18. The SMILES string of the molecule is CC(=O)[C@@H](Cc1ccccc1)NC(=O)CSc1cc(Cl)ccc1Cl. The molecule has 0 saturated heterocycles. The van der Waals surface area contributed by atoms with E-state index in [2.05, 4.69) is 5.32 Å². The van der Waals surface area contributed by atoms with Crippen LogP contribution in [0.5, 0.6) is 0 Å². The summed E-state index contributed by atoms with van der Waals surface area (Å²) in [4.78, 5) is 24.7. The Morgan fingerprint density at radius 1 is 1.12 bits per heavy atom. The highest BCUT2D eigenvalue weighted by Crippen LogP contribution is 2.29. The lowest BCUT2D eigenvalue weighted by atomic mass is 10.0. The zero-order chi connectivity index (χ0) is 17.5. The van der Waals surface area contributed by atoms with Crippen LogP contribution in [0.25, 0.3) is 0 Å². The minimum Gasteiger partial charge on any atom is -0.345 e. The van der Waals surface area contributed by atoms with Crippen LogP contribution in [0.1, 0.15) is 12.5 Å². The van der Waals surface area contributed by atoms with Crippen molar-refractivity contribution in [2.75, 3.05) is 5.75 Å². The molecule has 0 heterocycles. The lowest BCUT2D eigenvalue weighted by Gasteiger charge is -2.16. The first-order valence-corrected chi connectivity index (χ1v) is 9.11. The number of Topliss-reactive ketones (excluding diaryl/α,β-unsaturated/α-hetero) is 1. The molecule has 1 N–H and O–H groups in total. The zero-order valence-corrected chi connectivity index (χ0v) is 15.4. The fraction of sp³-hybridized carbons (Fsp3) is 0.222. The number of carbonyl (C=O) groups excluding carboxylic acids is 2. The molecule has 0 aromatic heterocycles. The van der Waals surface area contributed by atoms with Crippen molar-refractivity contribution in [3.05, 3.63) is 64.1 Å². The summed E-state index contributed by atoms with van der Waals surface area (Å²) >= 11 is 13.3. The van der Waals surface area contributed by atoms with E-state index < -0.39 is 6.04 Å². The van der Waals surface area contributed by atoms with Gasteiger partial charge in [0.1, 0.15) is 0 Å². The standard InChI is InChI=1S/C18H17Cl2NO2S/c1-12(22)16(9-13-5-3-2-4-6-13)21-18(23)11-24-17-10-14(19)7-8-15(17)20/h2-8,10,16H,9,11H2,1H3,(H,21,23)/t16-/m1/s1. The summed E-state index contributed by atoms with van der Waals surface area (Å²) in [7, 11) is 0. The minimum atomic E-state index is -0.532. The quantitative estimate of drug-likeness (QED) is 0.722. The molecule has 0 aliphatic carbocycles. The van der Waals surface area contributed by atoms with E-state index in [0.717, 1.165) is 10.5 Å². The van der Waals surface area contributed by atoms with E-state index in [1.54, 1.807) is 18.2 Å². The molecule has 1 atom stereocenters. The predicted octanol–water partition coefficient (Wildman–Crippen LogP) is 4.40. The Bertz CT molecular complexity index is 722. The number of hydrogen-bond acceptors (Lipinski definition) is 3. The van der Waals surface area contributed by atoms with Gasteiger partial charge in [0.2, 0.25) is 5.91 Å². The molecule has 2 rings (SSSR count). The lowest BCUT2D eigenvalue weighted by Crippen LogP contribution is -2.42. The van der Waals surface area contributed by atoms with Crippen LogP contribution < -0.4 is 5.32 Å². The van der Waals surface area contributed by atoms with Crippen LogP contribution in [0.15, 0.2) is 53.4 Å². The number of halogens is 2. The van der Waals surface area contributed by atoms with Gasteiger partial charge in [0, 0.05) is 9.92 Å². The summed E-state index contributed by atoms with van der Waals surface area (Å²) in [6.07, 6.45) is 0.477. The van der Waals surface area contributed by atoms with Gasteiger partial charge in [-0.2, -0.15) is 0 Å². The van der Waals surface area contributed by atoms with Crippen molar-refractivity contribution in [2.45, 2.75) is 24.3 Å². The second-order valence-electron chi connectivity index (χ2n) is 5.28. The summed E-state index contributed by atoms with van der Waals surface area (Å²) in [5.74, 6) is -0.122. The summed E-state index contributed by atoms with van der Waals surface area (Å²) in [5.41, 5.74) is 1.00. The topological polar surface area (TPSA) is 46.2 Å². The molecule has 0 fully saturated rings. The maximum Gasteiger partial charge on any atom is 0.230 e. The predicted molar refractivity (Wildman–Crippen MR) is 99.9 cm³/mol. The molecule has 1 amide bonds. The first kappa shape index (κ1) is 18.8. The van der Waals surface area contributed by atoms with Crippen LogP contribution in [0.4, 0.5) is 0 Å². The van der Waals surface area contributed by atoms with E-state index in [9.17, 15) is 9.59 Å². The summed E-state index contributed by atoms with van der Waals surface area (Å²) in [6.45, 7) is 1.48. The third-order valence-electron chi connectivity index (χ3n) is 3.36. The average Bonchev–Trinajstić information content (AvgIpc) is 2.56. The van der Waals surface area contributed by atoms with Gasteiger partial charge in [-0.25, -0.2) is 0 Å². The van der Waals surface area contributed by atoms with Crippen molar-refractivity contribution >= 4 is 46.7 Å².